The van der Waals surface area contributed by atoms with Crippen LogP contribution in [0.3, 0.4) is 0 Å². The fourth-order valence-corrected chi connectivity index (χ4v) is 2.97. The second kappa shape index (κ2) is 7.93. The van der Waals surface area contributed by atoms with Crippen LogP contribution in [0.1, 0.15) is 20.9 Å². The Morgan fingerprint density at radius 3 is 2.71 bits per heavy atom. The first kappa shape index (κ1) is 15.7. The van der Waals surface area contributed by atoms with Gasteiger partial charge in [-0.25, -0.2) is 0 Å². The van der Waals surface area contributed by atoms with Crippen molar-refractivity contribution in [3.8, 4) is 0 Å². The zero-order valence-corrected chi connectivity index (χ0v) is 12.8. The molecule has 0 aliphatic heterocycles. The van der Waals surface area contributed by atoms with Crippen LogP contribution in [0.4, 0.5) is 0 Å². The highest BCUT2D eigenvalue weighted by Gasteiger charge is 2.06. The number of carbonyl (C=O) groups excluding carboxylic acids is 1. The van der Waals surface area contributed by atoms with Gasteiger partial charge in [-0.05, 0) is 23.3 Å². The van der Waals surface area contributed by atoms with Crippen molar-refractivity contribution in [2.24, 2.45) is 0 Å². The third kappa shape index (κ3) is 4.97. The number of aliphatic hydroxyl groups is 1. The van der Waals surface area contributed by atoms with Gasteiger partial charge in [-0.3, -0.25) is 4.79 Å². The predicted octanol–water partition coefficient (Wildman–Crippen LogP) is 2.25. The van der Waals surface area contributed by atoms with Gasteiger partial charge in [-0.1, -0.05) is 24.3 Å². The molecule has 21 heavy (non-hydrogen) atoms. The Labute approximate surface area is 128 Å². The minimum atomic E-state index is -0.211. The van der Waals surface area contributed by atoms with Crippen LogP contribution in [0.25, 0.3) is 0 Å². The molecule has 112 valence electrons. The van der Waals surface area contributed by atoms with Crippen molar-refractivity contribution in [1.82, 2.24) is 5.32 Å². The van der Waals surface area contributed by atoms with Crippen LogP contribution in [0.5, 0.6) is 0 Å². The molecular weight excluding hydrogens is 286 g/mol. The summed E-state index contributed by atoms with van der Waals surface area (Å²) in [6, 6.07) is 11.9. The first-order chi connectivity index (χ1) is 10.2. The van der Waals surface area contributed by atoms with Crippen molar-refractivity contribution in [2.45, 2.75) is 26.1 Å². The number of rotatable bonds is 7. The number of hydrogen-bond donors (Lipinski definition) is 2. The molecule has 2 rings (SSSR count). The smallest absolute Gasteiger partial charge is 0.310 e. The second-order valence-corrected chi connectivity index (χ2v) is 5.96. The first-order valence-corrected chi connectivity index (χ1v) is 7.56. The normalized spacial score (nSPS) is 10.6. The van der Waals surface area contributed by atoms with E-state index in [0.29, 0.717) is 6.42 Å². The minimum absolute atomic E-state index is 0.0651. The second-order valence-electron chi connectivity index (χ2n) is 4.70. The number of aliphatic hydroxyl groups excluding tert-OH is 1. The summed E-state index contributed by atoms with van der Waals surface area (Å²) in [7, 11) is 1.40. The molecule has 1 aromatic heterocycles. The highest BCUT2D eigenvalue weighted by atomic mass is 32.1. The fraction of sp³-hybridized carbons (Fsp3) is 0.312. The summed E-state index contributed by atoms with van der Waals surface area (Å²) in [6.07, 6.45) is 0.333. The van der Waals surface area contributed by atoms with Crippen molar-refractivity contribution in [3.05, 3.63) is 57.3 Å². The molecule has 2 aromatic rings. The van der Waals surface area contributed by atoms with E-state index in [2.05, 4.69) is 10.1 Å². The highest BCUT2D eigenvalue weighted by molar-refractivity contribution is 7.12. The number of benzene rings is 1. The molecule has 0 aliphatic rings. The van der Waals surface area contributed by atoms with Gasteiger partial charge in [-0.15, -0.1) is 11.3 Å². The molecule has 0 aliphatic carbocycles. The van der Waals surface area contributed by atoms with Crippen LogP contribution in [0.2, 0.25) is 0 Å². The Balaban J connectivity index is 1.81. The molecule has 0 spiro atoms. The van der Waals surface area contributed by atoms with Crippen molar-refractivity contribution in [3.63, 3.8) is 0 Å². The predicted molar refractivity (Wildman–Crippen MR) is 82.9 cm³/mol. The molecular formula is C16H19NO3S. The summed E-state index contributed by atoms with van der Waals surface area (Å²) in [5.41, 5.74) is 2.07. The van der Waals surface area contributed by atoms with Crippen LogP contribution in [-0.4, -0.2) is 18.2 Å². The Hall–Kier alpha value is -1.69. The lowest BCUT2D eigenvalue weighted by molar-refractivity contribution is -0.139. The molecule has 0 saturated carbocycles. The van der Waals surface area contributed by atoms with Crippen molar-refractivity contribution < 1.29 is 14.6 Å². The summed E-state index contributed by atoms with van der Waals surface area (Å²) in [6.45, 7) is 1.57. The lowest BCUT2D eigenvalue weighted by Gasteiger charge is -2.05. The van der Waals surface area contributed by atoms with Gasteiger partial charge in [0.05, 0.1) is 20.1 Å². The lowest BCUT2D eigenvalue weighted by atomic mass is 10.1. The molecule has 0 bridgehead atoms. The van der Waals surface area contributed by atoms with E-state index in [1.165, 1.54) is 12.0 Å². The van der Waals surface area contributed by atoms with Gasteiger partial charge in [0.2, 0.25) is 0 Å². The van der Waals surface area contributed by atoms with E-state index in [1.807, 2.05) is 36.4 Å². The van der Waals surface area contributed by atoms with Crippen LogP contribution in [-0.2, 0) is 35.6 Å². The highest BCUT2D eigenvalue weighted by Crippen LogP contribution is 2.17. The topological polar surface area (TPSA) is 58.6 Å². The van der Waals surface area contributed by atoms with E-state index in [4.69, 9.17) is 5.11 Å². The Kier molecular flexibility index (Phi) is 5.92. The largest absolute Gasteiger partial charge is 0.469 e. The molecule has 0 radical (unpaired) electrons. The molecule has 0 atom stereocenters. The monoisotopic (exact) mass is 305 g/mol. The third-order valence-corrected chi connectivity index (χ3v) is 4.15. The number of esters is 1. The number of hydrogen-bond acceptors (Lipinski definition) is 5. The molecule has 2 N–H and O–H groups in total. The van der Waals surface area contributed by atoms with Crippen LogP contribution >= 0.6 is 11.3 Å². The lowest BCUT2D eigenvalue weighted by Crippen LogP contribution is -2.11. The number of nitrogens with one attached hydrogen (secondary N) is 1. The first-order valence-electron chi connectivity index (χ1n) is 6.75. The van der Waals surface area contributed by atoms with Gasteiger partial charge >= 0.3 is 5.97 Å². The Morgan fingerprint density at radius 2 is 1.95 bits per heavy atom. The van der Waals surface area contributed by atoms with Crippen molar-refractivity contribution in [2.75, 3.05) is 7.11 Å². The number of ether oxygens (including phenoxy) is 1. The third-order valence-electron chi connectivity index (χ3n) is 3.07. The van der Waals surface area contributed by atoms with Gasteiger partial charge in [0.1, 0.15) is 0 Å². The van der Waals surface area contributed by atoms with Crippen LogP contribution in [0.15, 0.2) is 36.4 Å². The fourth-order valence-electron chi connectivity index (χ4n) is 1.99. The number of methoxy groups -OCH3 is 1. The van der Waals surface area contributed by atoms with E-state index in [0.717, 1.165) is 29.1 Å². The van der Waals surface area contributed by atoms with Crippen LogP contribution in [0, 0.1) is 0 Å². The number of thiophene rings is 1. The van der Waals surface area contributed by atoms with E-state index >= 15 is 0 Å². The van der Waals surface area contributed by atoms with Crippen molar-refractivity contribution >= 4 is 17.3 Å². The van der Waals surface area contributed by atoms with Gasteiger partial charge < -0.3 is 15.2 Å². The average molecular weight is 305 g/mol. The molecule has 0 saturated heterocycles. The number of carbonyl (C=O) groups is 1. The molecule has 4 nitrogen and oxygen atoms in total. The maximum atomic E-state index is 11.2. The summed E-state index contributed by atoms with van der Waals surface area (Å²) < 4.78 is 4.66. The van der Waals surface area contributed by atoms with Gasteiger partial charge in [0.25, 0.3) is 0 Å². The molecule has 0 unspecified atom stereocenters. The van der Waals surface area contributed by atoms with E-state index in [1.54, 1.807) is 11.3 Å². The quantitative estimate of drug-likeness (QED) is 0.770. The molecule has 1 heterocycles. The standard InChI is InChI=1S/C16H19NO3S/c1-20-16(19)8-14-5-6-15(21-14)10-17-9-12-3-2-4-13(7-12)11-18/h2-7,17-18H,8-11H2,1H3. The zero-order valence-electron chi connectivity index (χ0n) is 12.0. The molecule has 0 fully saturated rings. The van der Waals surface area contributed by atoms with Gasteiger partial charge in [-0.2, -0.15) is 0 Å². The van der Waals surface area contributed by atoms with E-state index in [9.17, 15) is 4.79 Å². The Morgan fingerprint density at radius 1 is 1.19 bits per heavy atom. The van der Waals surface area contributed by atoms with Gasteiger partial charge in [0.15, 0.2) is 0 Å². The van der Waals surface area contributed by atoms with Crippen LogP contribution < -0.4 is 5.32 Å². The Bertz CT molecular complexity index is 595. The van der Waals surface area contributed by atoms with E-state index in [-0.39, 0.29) is 12.6 Å². The summed E-state index contributed by atoms with van der Waals surface area (Å²) in [5.74, 6) is -0.211. The maximum Gasteiger partial charge on any atom is 0.310 e. The summed E-state index contributed by atoms with van der Waals surface area (Å²) in [4.78, 5) is 13.4. The summed E-state index contributed by atoms with van der Waals surface area (Å²) in [5, 5.41) is 12.5. The molecule has 0 amide bonds. The zero-order chi connectivity index (χ0) is 15.1. The van der Waals surface area contributed by atoms with E-state index < -0.39 is 0 Å². The van der Waals surface area contributed by atoms with Crippen molar-refractivity contribution in [1.29, 1.82) is 0 Å². The SMILES string of the molecule is COC(=O)Cc1ccc(CNCc2cccc(CO)c2)s1. The minimum Gasteiger partial charge on any atom is -0.469 e. The molecule has 5 heteroatoms. The average Bonchev–Trinajstić information content (AvgIpc) is 2.94. The molecule has 1 aromatic carbocycles. The summed E-state index contributed by atoms with van der Waals surface area (Å²) >= 11 is 1.62. The van der Waals surface area contributed by atoms with Gasteiger partial charge in [0, 0.05) is 22.8 Å². The maximum absolute atomic E-state index is 11.2.